The molecular weight excluding hydrogens is 280 g/mol. The Hall–Kier alpha value is -1.46. The topological polar surface area (TPSA) is 51.7 Å². The summed E-state index contributed by atoms with van der Waals surface area (Å²) in [6.07, 6.45) is 7.35. The van der Waals surface area contributed by atoms with Crippen LogP contribution in [-0.2, 0) is 20.9 Å². The fraction of sp³-hybridized carbons (Fsp3) is 0.647. The average Bonchev–Trinajstić information content (AvgIpc) is 2.99. The molecule has 5 nitrogen and oxygen atoms in total. The van der Waals surface area contributed by atoms with Gasteiger partial charge in [0.2, 0.25) is 5.91 Å². The van der Waals surface area contributed by atoms with Gasteiger partial charge in [-0.05, 0) is 30.4 Å². The third kappa shape index (κ3) is 3.47. The minimum atomic E-state index is 0.0999. The molecule has 3 rings (SSSR count). The van der Waals surface area contributed by atoms with Crippen molar-refractivity contribution in [1.82, 2.24) is 9.88 Å². The van der Waals surface area contributed by atoms with E-state index < -0.39 is 0 Å². The molecular formula is C17H24N2O3. The van der Waals surface area contributed by atoms with Gasteiger partial charge in [0.1, 0.15) is 6.61 Å². The molecule has 1 amide bonds. The lowest BCUT2D eigenvalue weighted by Crippen LogP contribution is -2.35. The third-order valence-electron chi connectivity index (χ3n) is 4.84. The van der Waals surface area contributed by atoms with Crippen LogP contribution >= 0.6 is 0 Å². The van der Waals surface area contributed by atoms with Crippen LogP contribution in [0.25, 0.3) is 0 Å². The molecule has 1 saturated carbocycles. The van der Waals surface area contributed by atoms with Crippen LogP contribution in [0, 0.1) is 11.8 Å². The summed E-state index contributed by atoms with van der Waals surface area (Å²) in [7, 11) is 1.57. The van der Waals surface area contributed by atoms with Crippen molar-refractivity contribution in [2.24, 2.45) is 11.8 Å². The zero-order valence-corrected chi connectivity index (χ0v) is 13.1. The van der Waals surface area contributed by atoms with E-state index in [0.717, 1.165) is 25.1 Å². The van der Waals surface area contributed by atoms with Crippen molar-refractivity contribution in [2.75, 3.05) is 26.8 Å². The number of ether oxygens (including phenoxy) is 2. The maximum Gasteiger partial charge on any atom is 0.248 e. The number of carbonyl (C=O) groups is 1. The lowest BCUT2D eigenvalue weighted by Gasteiger charge is -2.32. The molecule has 2 fully saturated rings. The Morgan fingerprint density at radius 2 is 2.32 bits per heavy atom. The number of carbonyl (C=O) groups excluding carboxylic acids is 1. The first-order valence-corrected chi connectivity index (χ1v) is 8.05. The van der Waals surface area contributed by atoms with Crippen molar-refractivity contribution in [1.29, 1.82) is 0 Å². The largest absolute Gasteiger partial charge is 0.375 e. The van der Waals surface area contributed by atoms with Crippen molar-refractivity contribution in [3.63, 3.8) is 0 Å². The maximum atomic E-state index is 12.0. The molecule has 1 saturated heterocycles. The SMILES string of the molecule is COCC(=O)N1C[C@@H]2CCCC(OCc3cccnc3)[C@@H]2C1. The van der Waals surface area contributed by atoms with E-state index in [1.165, 1.54) is 12.8 Å². The molecule has 0 spiro atoms. The van der Waals surface area contributed by atoms with Gasteiger partial charge in [-0.2, -0.15) is 0 Å². The first-order chi connectivity index (χ1) is 10.8. The van der Waals surface area contributed by atoms with Crippen LogP contribution in [0.1, 0.15) is 24.8 Å². The number of methoxy groups -OCH3 is 1. The average molecular weight is 304 g/mol. The van der Waals surface area contributed by atoms with Gasteiger partial charge in [-0.15, -0.1) is 0 Å². The van der Waals surface area contributed by atoms with Crippen LogP contribution < -0.4 is 0 Å². The zero-order valence-electron chi connectivity index (χ0n) is 13.1. The Morgan fingerprint density at radius 3 is 3.09 bits per heavy atom. The maximum absolute atomic E-state index is 12.0. The van der Waals surface area contributed by atoms with Gasteiger partial charge in [0.05, 0.1) is 12.7 Å². The van der Waals surface area contributed by atoms with Crippen LogP contribution in [0.4, 0.5) is 0 Å². The number of amides is 1. The molecule has 0 aromatic carbocycles. The summed E-state index contributed by atoms with van der Waals surface area (Å²) >= 11 is 0. The second-order valence-corrected chi connectivity index (χ2v) is 6.30. The highest BCUT2D eigenvalue weighted by molar-refractivity contribution is 5.77. The highest BCUT2D eigenvalue weighted by atomic mass is 16.5. The summed E-state index contributed by atoms with van der Waals surface area (Å²) < 4.78 is 11.1. The molecule has 120 valence electrons. The van der Waals surface area contributed by atoms with E-state index in [1.807, 2.05) is 23.2 Å². The smallest absolute Gasteiger partial charge is 0.248 e. The van der Waals surface area contributed by atoms with Crippen molar-refractivity contribution >= 4 is 5.91 Å². The number of fused-ring (bicyclic) bond motifs is 1. The molecule has 3 atom stereocenters. The molecule has 1 aliphatic carbocycles. The minimum Gasteiger partial charge on any atom is -0.375 e. The molecule has 0 bridgehead atoms. The van der Waals surface area contributed by atoms with Gasteiger partial charge in [-0.3, -0.25) is 9.78 Å². The Morgan fingerprint density at radius 1 is 1.41 bits per heavy atom. The summed E-state index contributed by atoms with van der Waals surface area (Å²) in [6.45, 7) is 2.46. The molecule has 2 heterocycles. The number of rotatable bonds is 5. The van der Waals surface area contributed by atoms with E-state index in [9.17, 15) is 4.79 Å². The molecule has 22 heavy (non-hydrogen) atoms. The number of aromatic nitrogens is 1. The first kappa shape index (κ1) is 15.4. The van der Waals surface area contributed by atoms with Gasteiger partial charge >= 0.3 is 0 Å². The number of nitrogens with zero attached hydrogens (tertiary/aromatic N) is 2. The molecule has 1 aromatic heterocycles. The van der Waals surface area contributed by atoms with Crippen LogP contribution in [0.3, 0.4) is 0 Å². The Balaban J connectivity index is 1.58. The number of hydrogen-bond acceptors (Lipinski definition) is 4. The summed E-state index contributed by atoms with van der Waals surface area (Å²) in [4.78, 5) is 18.1. The Kier molecular flexibility index (Phi) is 5.05. The molecule has 2 aliphatic rings. The summed E-state index contributed by atoms with van der Waals surface area (Å²) in [5.74, 6) is 1.14. The molecule has 1 unspecified atom stereocenters. The van der Waals surface area contributed by atoms with Gasteiger partial charge in [-0.25, -0.2) is 0 Å². The number of pyridine rings is 1. The van der Waals surface area contributed by atoms with Gasteiger partial charge in [0, 0.05) is 38.5 Å². The van der Waals surface area contributed by atoms with E-state index >= 15 is 0 Å². The predicted molar refractivity (Wildman–Crippen MR) is 82.1 cm³/mol. The Bertz CT molecular complexity index is 494. The normalized spacial score (nSPS) is 27.7. The highest BCUT2D eigenvalue weighted by Gasteiger charge is 2.42. The molecule has 1 aromatic rings. The van der Waals surface area contributed by atoms with Crippen LogP contribution in [-0.4, -0.2) is 48.7 Å². The summed E-state index contributed by atoms with van der Waals surface area (Å²) in [5.41, 5.74) is 1.11. The minimum absolute atomic E-state index is 0.0999. The second-order valence-electron chi connectivity index (χ2n) is 6.30. The van der Waals surface area contributed by atoms with Crippen molar-refractivity contribution in [3.05, 3.63) is 30.1 Å². The molecule has 1 aliphatic heterocycles. The van der Waals surface area contributed by atoms with E-state index in [4.69, 9.17) is 9.47 Å². The van der Waals surface area contributed by atoms with Gasteiger partial charge in [-0.1, -0.05) is 12.5 Å². The second kappa shape index (κ2) is 7.20. The lowest BCUT2D eigenvalue weighted by atomic mass is 9.79. The lowest BCUT2D eigenvalue weighted by molar-refractivity contribution is -0.134. The van der Waals surface area contributed by atoms with Crippen molar-refractivity contribution in [3.8, 4) is 0 Å². The fourth-order valence-electron chi connectivity index (χ4n) is 3.73. The first-order valence-electron chi connectivity index (χ1n) is 8.05. The molecule has 0 radical (unpaired) electrons. The van der Waals surface area contributed by atoms with Crippen LogP contribution in [0.5, 0.6) is 0 Å². The summed E-state index contributed by atoms with van der Waals surface area (Å²) in [5, 5.41) is 0. The standard InChI is InChI=1S/C17H24N2O3/c1-21-12-17(20)19-9-14-5-2-6-16(15(14)10-19)22-11-13-4-3-7-18-8-13/h3-4,7-8,14-16H,2,5-6,9-12H2,1H3/t14-,15+,16?/m0/s1. The fourth-order valence-corrected chi connectivity index (χ4v) is 3.73. The van der Waals surface area contributed by atoms with E-state index in [-0.39, 0.29) is 18.6 Å². The third-order valence-corrected chi connectivity index (χ3v) is 4.84. The monoisotopic (exact) mass is 304 g/mol. The number of hydrogen-bond donors (Lipinski definition) is 0. The zero-order chi connectivity index (χ0) is 15.4. The highest BCUT2D eigenvalue weighted by Crippen LogP contribution is 2.38. The van der Waals surface area contributed by atoms with E-state index in [1.54, 1.807) is 13.3 Å². The van der Waals surface area contributed by atoms with E-state index in [2.05, 4.69) is 4.98 Å². The molecule has 0 N–H and O–H groups in total. The van der Waals surface area contributed by atoms with Gasteiger partial charge < -0.3 is 14.4 Å². The van der Waals surface area contributed by atoms with Crippen LogP contribution in [0.2, 0.25) is 0 Å². The quantitative estimate of drug-likeness (QED) is 0.833. The van der Waals surface area contributed by atoms with Gasteiger partial charge in [0.15, 0.2) is 0 Å². The van der Waals surface area contributed by atoms with E-state index in [0.29, 0.717) is 18.4 Å². The predicted octanol–water partition coefficient (Wildman–Crippen LogP) is 1.87. The molecule has 5 heteroatoms. The van der Waals surface area contributed by atoms with Crippen molar-refractivity contribution in [2.45, 2.75) is 32.0 Å². The Labute approximate surface area is 131 Å². The van der Waals surface area contributed by atoms with Crippen molar-refractivity contribution < 1.29 is 14.3 Å². The van der Waals surface area contributed by atoms with Gasteiger partial charge in [0.25, 0.3) is 0 Å². The van der Waals surface area contributed by atoms with Crippen LogP contribution in [0.15, 0.2) is 24.5 Å². The number of likely N-dealkylation sites (tertiary alicyclic amines) is 1. The summed E-state index contributed by atoms with van der Waals surface area (Å²) in [6, 6.07) is 3.97.